The van der Waals surface area contributed by atoms with Crippen LogP contribution in [0.15, 0.2) is 85.1 Å². The number of rotatable bonds is 5. The first-order valence-corrected chi connectivity index (χ1v) is 16.0. The third-order valence-corrected chi connectivity index (χ3v) is 10.0. The molecule has 0 aliphatic carbocycles. The Morgan fingerprint density at radius 3 is 2.13 bits per heavy atom. The largest absolute Gasteiger partial charge is 0.494 e. The number of hydrogen-bond donors (Lipinski definition) is 3. The number of aromatic nitrogens is 3. The fraction of sp³-hybridized carbons (Fsp3) is 0.270. The lowest BCUT2D eigenvalue weighted by Gasteiger charge is -2.32. The fourth-order valence-corrected chi connectivity index (χ4v) is 8.03. The van der Waals surface area contributed by atoms with Gasteiger partial charge in [0, 0.05) is 88.8 Å². The van der Waals surface area contributed by atoms with Crippen LogP contribution < -0.4 is 5.32 Å². The highest BCUT2D eigenvalue weighted by Crippen LogP contribution is 2.48. The average molecular weight is 598 g/mol. The highest BCUT2D eigenvalue weighted by molar-refractivity contribution is 6.36. The molecule has 2 aliphatic heterocycles. The number of carbonyl (C=O) groups excluding carboxylic acids is 1. The van der Waals surface area contributed by atoms with Gasteiger partial charge in [0.2, 0.25) is 0 Å². The SMILES string of the molecule is O=C(NC1CCN(Cc2ccccc2)CC1)OCC1Cn2c3ccccc3c3c4c[nH]c(O)c4c4c5ccccc5n(c4c32)C1. The van der Waals surface area contributed by atoms with E-state index in [1.54, 1.807) is 0 Å². The Morgan fingerprint density at radius 1 is 0.800 bits per heavy atom. The van der Waals surface area contributed by atoms with Gasteiger partial charge in [-0.15, -0.1) is 0 Å². The minimum absolute atomic E-state index is 0.0587. The first kappa shape index (κ1) is 26.5. The van der Waals surface area contributed by atoms with E-state index in [1.165, 1.54) is 11.1 Å². The Hall–Kier alpha value is -4.95. The van der Waals surface area contributed by atoms with Gasteiger partial charge in [0.25, 0.3) is 0 Å². The van der Waals surface area contributed by atoms with E-state index < -0.39 is 0 Å². The van der Waals surface area contributed by atoms with Crippen LogP contribution in [0, 0.1) is 5.92 Å². The van der Waals surface area contributed by atoms with Gasteiger partial charge < -0.3 is 29.3 Å². The molecule has 0 bridgehead atoms. The van der Waals surface area contributed by atoms with Crippen LogP contribution >= 0.6 is 0 Å². The van der Waals surface area contributed by atoms with Crippen LogP contribution in [0.25, 0.3) is 54.4 Å². The lowest BCUT2D eigenvalue weighted by Crippen LogP contribution is -2.44. The maximum atomic E-state index is 13.1. The van der Waals surface area contributed by atoms with E-state index in [4.69, 9.17) is 4.74 Å². The van der Waals surface area contributed by atoms with E-state index in [-0.39, 0.29) is 23.9 Å². The summed E-state index contributed by atoms with van der Waals surface area (Å²) in [7, 11) is 0. The van der Waals surface area contributed by atoms with Crippen molar-refractivity contribution in [2.45, 2.75) is 38.5 Å². The number of piperidine rings is 1. The number of aromatic hydroxyl groups is 1. The van der Waals surface area contributed by atoms with E-state index in [9.17, 15) is 9.90 Å². The van der Waals surface area contributed by atoms with E-state index >= 15 is 0 Å². The van der Waals surface area contributed by atoms with Gasteiger partial charge in [-0.1, -0.05) is 66.7 Å². The maximum Gasteiger partial charge on any atom is 0.407 e. The average Bonchev–Trinajstić information content (AvgIpc) is 3.67. The molecule has 0 radical (unpaired) electrons. The lowest BCUT2D eigenvalue weighted by molar-refractivity contribution is 0.109. The van der Waals surface area contributed by atoms with Crippen LogP contribution in [0.3, 0.4) is 0 Å². The van der Waals surface area contributed by atoms with Gasteiger partial charge in [-0.25, -0.2) is 4.79 Å². The van der Waals surface area contributed by atoms with Gasteiger partial charge in [0.15, 0.2) is 5.88 Å². The van der Waals surface area contributed by atoms with Crippen LogP contribution in [-0.2, 0) is 24.4 Å². The molecule has 5 heterocycles. The van der Waals surface area contributed by atoms with Crippen LogP contribution in [0.4, 0.5) is 4.79 Å². The molecule has 3 aromatic heterocycles. The molecule has 3 N–H and O–H groups in total. The van der Waals surface area contributed by atoms with E-state index in [2.05, 4.69) is 97.1 Å². The summed E-state index contributed by atoms with van der Waals surface area (Å²) in [4.78, 5) is 18.7. The summed E-state index contributed by atoms with van der Waals surface area (Å²) in [5.74, 6) is 0.252. The summed E-state index contributed by atoms with van der Waals surface area (Å²) in [5, 5.41) is 20.6. The Morgan fingerprint density at radius 2 is 1.42 bits per heavy atom. The second kappa shape index (κ2) is 10.3. The summed E-state index contributed by atoms with van der Waals surface area (Å²) in [6.07, 6.45) is 3.44. The topological polar surface area (TPSA) is 87.5 Å². The van der Waals surface area contributed by atoms with Gasteiger partial charge in [-0.3, -0.25) is 4.90 Å². The van der Waals surface area contributed by atoms with Crippen molar-refractivity contribution < 1.29 is 14.6 Å². The van der Waals surface area contributed by atoms with Crippen molar-refractivity contribution in [1.82, 2.24) is 24.3 Å². The third kappa shape index (κ3) is 4.19. The number of nitrogens with one attached hydrogen (secondary N) is 2. The number of benzene rings is 4. The number of aromatic amines is 1. The molecule has 45 heavy (non-hydrogen) atoms. The highest BCUT2D eigenvalue weighted by atomic mass is 16.5. The number of para-hydroxylation sites is 2. The molecular weight excluding hydrogens is 562 g/mol. The number of H-pyrrole nitrogens is 1. The summed E-state index contributed by atoms with van der Waals surface area (Å²) in [6.45, 7) is 4.61. The summed E-state index contributed by atoms with van der Waals surface area (Å²) in [5.41, 5.74) is 5.89. The number of nitrogens with zero attached hydrogens (tertiary/aromatic N) is 3. The lowest BCUT2D eigenvalue weighted by atomic mass is 10.0. The number of amides is 1. The van der Waals surface area contributed by atoms with E-state index in [1.807, 2.05) is 12.3 Å². The van der Waals surface area contributed by atoms with Crippen LogP contribution in [-0.4, -0.2) is 56.0 Å². The van der Waals surface area contributed by atoms with Crippen molar-refractivity contribution in [1.29, 1.82) is 0 Å². The molecule has 1 amide bonds. The first-order valence-electron chi connectivity index (χ1n) is 16.0. The Bertz CT molecular complexity index is 2240. The van der Waals surface area contributed by atoms with Crippen molar-refractivity contribution in [2.75, 3.05) is 19.7 Å². The van der Waals surface area contributed by atoms with Crippen LogP contribution in [0.1, 0.15) is 18.4 Å². The second-order valence-electron chi connectivity index (χ2n) is 12.8. The molecular formula is C37H35N5O3. The molecule has 8 nitrogen and oxygen atoms in total. The number of alkyl carbamates (subject to hydrolysis) is 1. The van der Waals surface area contributed by atoms with Crippen LogP contribution in [0.2, 0.25) is 0 Å². The monoisotopic (exact) mass is 597 g/mol. The van der Waals surface area contributed by atoms with Crippen LogP contribution in [0.5, 0.6) is 5.88 Å². The zero-order chi connectivity index (χ0) is 30.1. The number of likely N-dealkylation sites (tertiary alicyclic amines) is 1. The second-order valence-corrected chi connectivity index (χ2v) is 12.8. The number of carbonyl (C=O) groups is 1. The summed E-state index contributed by atoms with van der Waals surface area (Å²) >= 11 is 0. The third-order valence-electron chi connectivity index (χ3n) is 10.0. The number of fused-ring (bicyclic) bond motifs is 9. The highest BCUT2D eigenvalue weighted by Gasteiger charge is 2.30. The predicted octanol–water partition coefficient (Wildman–Crippen LogP) is 7.11. The summed E-state index contributed by atoms with van der Waals surface area (Å²) in [6, 6.07) is 27.6. The van der Waals surface area contributed by atoms with E-state index in [0.717, 1.165) is 87.9 Å². The molecule has 1 saturated heterocycles. The minimum Gasteiger partial charge on any atom is -0.494 e. The van der Waals surface area contributed by atoms with Crippen molar-refractivity contribution in [3.63, 3.8) is 0 Å². The maximum absolute atomic E-state index is 13.1. The van der Waals surface area contributed by atoms with Crippen molar-refractivity contribution >= 4 is 60.5 Å². The molecule has 0 saturated carbocycles. The Labute approximate surface area is 259 Å². The zero-order valence-corrected chi connectivity index (χ0v) is 25.0. The number of ether oxygens (including phenoxy) is 1. The molecule has 2 aliphatic rings. The minimum atomic E-state index is -0.331. The van der Waals surface area contributed by atoms with Gasteiger partial charge in [0.1, 0.15) is 0 Å². The zero-order valence-electron chi connectivity index (χ0n) is 25.0. The molecule has 7 aromatic rings. The van der Waals surface area contributed by atoms with E-state index in [0.29, 0.717) is 13.2 Å². The molecule has 1 unspecified atom stereocenters. The standard InChI is InChI=1S/C37H35N5O3/c43-36-33-28(18-38-36)31-26-10-4-6-12-29(26)41-20-24(21-42-30-13-7-5-11-27(30)32(33)35(42)34(31)41)22-45-37(44)39-25-14-16-40(17-15-25)19-23-8-2-1-3-9-23/h1-13,18,24-25,38,43H,14-17,19-22H2,(H,39,44). The normalized spacial score (nSPS) is 17.6. The molecule has 1 fully saturated rings. The molecule has 8 heteroatoms. The predicted molar refractivity (Wildman–Crippen MR) is 179 cm³/mol. The summed E-state index contributed by atoms with van der Waals surface area (Å²) < 4.78 is 10.8. The number of hydrogen-bond acceptors (Lipinski definition) is 4. The first-order chi connectivity index (χ1) is 22.1. The quantitative estimate of drug-likeness (QED) is 0.197. The molecule has 0 spiro atoms. The van der Waals surface area contributed by atoms with Crippen molar-refractivity contribution in [3.8, 4) is 5.88 Å². The smallest absolute Gasteiger partial charge is 0.407 e. The van der Waals surface area contributed by atoms with Crippen molar-refractivity contribution in [2.24, 2.45) is 5.92 Å². The van der Waals surface area contributed by atoms with Gasteiger partial charge in [-0.2, -0.15) is 0 Å². The van der Waals surface area contributed by atoms with Gasteiger partial charge >= 0.3 is 6.09 Å². The Kier molecular flexibility index (Phi) is 6.06. The molecule has 9 rings (SSSR count). The fourth-order valence-electron chi connectivity index (χ4n) is 8.03. The Balaban J connectivity index is 1.01. The molecule has 1 atom stereocenters. The van der Waals surface area contributed by atoms with Crippen molar-refractivity contribution in [3.05, 3.63) is 90.6 Å². The van der Waals surface area contributed by atoms with Gasteiger partial charge in [-0.05, 0) is 30.5 Å². The molecule has 226 valence electrons. The molecule has 4 aromatic carbocycles. The van der Waals surface area contributed by atoms with Gasteiger partial charge in [0.05, 0.1) is 23.0 Å².